The number of aromatic nitrogens is 1. The average molecular weight is 337 g/mol. The summed E-state index contributed by atoms with van der Waals surface area (Å²) in [5.74, 6) is 0.947. The van der Waals surface area contributed by atoms with E-state index in [0.717, 1.165) is 50.9 Å². The molecule has 2 heterocycles. The SMILES string of the molecule is CN=C(NCC(OC)C(C)(C)C)N1CCN(Cc2ccon2)CC1. The summed E-state index contributed by atoms with van der Waals surface area (Å²) in [4.78, 5) is 9.11. The molecule has 0 radical (unpaired) electrons. The van der Waals surface area contributed by atoms with Crippen molar-refractivity contribution in [3.05, 3.63) is 18.0 Å². The minimum absolute atomic E-state index is 0.0941. The van der Waals surface area contributed by atoms with Crippen LogP contribution in [0.1, 0.15) is 26.5 Å². The molecule has 0 amide bonds. The Morgan fingerprint density at radius 2 is 2.08 bits per heavy atom. The van der Waals surface area contributed by atoms with Gasteiger partial charge in [-0.3, -0.25) is 9.89 Å². The van der Waals surface area contributed by atoms with E-state index < -0.39 is 0 Å². The highest BCUT2D eigenvalue weighted by Gasteiger charge is 2.26. The highest BCUT2D eigenvalue weighted by Crippen LogP contribution is 2.21. The number of rotatable bonds is 5. The normalized spacial score (nSPS) is 18.7. The van der Waals surface area contributed by atoms with Gasteiger partial charge < -0.3 is 19.5 Å². The predicted molar refractivity (Wildman–Crippen MR) is 95.0 cm³/mol. The third-order valence-corrected chi connectivity index (χ3v) is 4.46. The molecule has 1 saturated heterocycles. The first-order valence-electron chi connectivity index (χ1n) is 8.54. The topological polar surface area (TPSA) is 66.1 Å². The van der Waals surface area contributed by atoms with Crippen LogP contribution in [0.5, 0.6) is 0 Å². The van der Waals surface area contributed by atoms with Crippen molar-refractivity contribution < 1.29 is 9.26 Å². The number of guanidine groups is 1. The predicted octanol–water partition coefficient (Wildman–Crippen LogP) is 1.43. The summed E-state index contributed by atoms with van der Waals surface area (Å²) in [6, 6.07) is 1.92. The van der Waals surface area contributed by atoms with E-state index in [2.05, 4.69) is 46.0 Å². The molecule has 0 saturated carbocycles. The van der Waals surface area contributed by atoms with Gasteiger partial charge >= 0.3 is 0 Å². The summed E-state index contributed by atoms with van der Waals surface area (Å²) in [6.07, 6.45) is 1.77. The summed E-state index contributed by atoms with van der Waals surface area (Å²) in [5, 5.41) is 7.44. The van der Waals surface area contributed by atoms with Crippen LogP contribution in [0.15, 0.2) is 21.8 Å². The summed E-state index contributed by atoms with van der Waals surface area (Å²) in [7, 11) is 3.60. The quantitative estimate of drug-likeness (QED) is 0.648. The van der Waals surface area contributed by atoms with Crippen molar-refractivity contribution in [3.63, 3.8) is 0 Å². The zero-order valence-electron chi connectivity index (χ0n) is 15.6. The first kappa shape index (κ1) is 18.7. The number of piperazine rings is 1. The van der Waals surface area contributed by atoms with Gasteiger partial charge in [-0.25, -0.2) is 0 Å². The minimum atomic E-state index is 0.0941. The molecule has 24 heavy (non-hydrogen) atoms. The molecule has 1 aliphatic rings. The first-order valence-corrected chi connectivity index (χ1v) is 8.54. The highest BCUT2D eigenvalue weighted by molar-refractivity contribution is 5.80. The second-order valence-electron chi connectivity index (χ2n) is 7.27. The minimum Gasteiger partial charge on any atom is -0.379 e. The zero-order chi connectivity index (χ0) is 17.6. The molecular formula is C17H31N5O2. The molecule has 0 aliphatic carbocycles. The largest absolute Gasteiger partial charge is 0.379 e. The van der Waals surface area contributed by atoms with Crippen LogP contribution in [0.4, 0.5) is 0 Å². The van der Waals surface area contributed by atoms with Crippen LogP contribution < -0.4 is 5.32 Å². The maximum absolute atomic E-state index is 5.61. The van der Waals surface area contributed by atoms with Gasteiger partial charge in [-0.2, -0.15) is 0 Å². The van der Waals surface area contributed by atoms with E-state index in [1.165, 1.54) is 0 Å². The molecule has 0 spiro atoms. The van der Waals surface area contributed by atoms with Gasteiger partial charge in [-0.1, -0.05) is 25.9 Å². The van der Waals surface area contributed by atoms with Gasteiger partial charge in [-0.05, 0) is 5.41 Å². The fraction of sp³-hybridized carbons (Fsp3) is 0.765. The van der Waals surface area contributed by atoms with Crippen molar-refractivity contribution in [2.75, 3.05) is 46.9 Å². The fourth-order valence-electron chi connectivity index (χ4n) is 2.93. The van der Waals surface area contributed by atoms with E-state index in [1.54, 1.807) is 13.4 Å². The van der Waals surface area contributed by atoms with Crippen molar-refractivity contribution in [1.29, 1.82) is 0 Å². The number of ether oxygens (including phenoxy) is 1. The van der Waals surface area contributed by atoms with Crippen LogP contribution in [0.25, 0.3) is 0 Å². The van der Waals surface area contributed by atoms with E-state index in [0.29, 0.717) is 0 Å². The van der Waals surface area contributed by atoms with Crippen molar-refractivity contribution in [2.45, 2.75) is 33.4 Å². The number of nitrogens with one attached hydrogen (secondary N) is 1. The van der Waals surface area contributed by atoms with Gasteiger partial charge in [-0.15, -0.1) is 0 Å². The zero-order valence-corrected chi connectivity index (χ0v) is 15.6. The molecule has 1 atom stereocenters. The third kappa shape index (κ3) is 5.21. The lowest BCUT2D eigenvalue weighted by atomic mass is 9.89. The number of nitrogens with zero attached hydrogens (tertiary/aromatic N) is 4. The lowest BCUT2D eigenvalue weighted by Crippen LogP contribution is -2.53. The number of aliphatic imine (C=N–C) groups is 1. The molecule has 0 aromatic carbocycles. The van der Waals surface area contributed by atoms with Crippen LogP contribution >= 0.6 is 0 Å². The molecule has 1 unspecified atom stereocenters. The lowest BCUT2D eigenvalue weighted by molar-refractivity contribution is 0.0199. The van der Waals surface area contributed by atoms with Crippen LogP contribution in [0, 0.1) is 5.41 Å². The second kappa shape index (κ2) is 8.48. The molecule has 7 nitrogen and oxygen atoms in total. The van der Waals surface area contributed by atoms with E-state index in [1.807, 2.05) is 13.1 Å². The molecule has 1 aromatic heterocycles. The molecule has 1 aromatic rings. The Bertz CT molecular complexity index is 502. The van der Waals surface area contributed by atoms with Gasteiger partial charge in [0.25, 0.3) is 0 Å². The van der Waals surface area contributed by atoms with Gasteiger partial charge in [0.2, 0.25) is 0 Å². The molecule has 7 heteroatoms. The van der Waals surface area contributed by atoms with Gasteiger partial charge in [0, 0.05) is 59.5 Å². The monoisotopic (exact) mass is 337 g/mol. The van der Waals surface area contributed by atoms with E-state index in [9.17, 15) is 0 Å². The molecule has 1 fully saturated rings. The molecule has 0 bridgehead atoms. The smallest absolute Gasteiger partial charge is 0.193 e. The van der Waals surface area contributed by atoms with Crippen LogP contribution in [-0.4, -0.2) is 73.9 Å². The van der Waals surface area contributed by atoms with Gasteiger partial charge in [0.15, 0.2) is 5.96 Å². The Hall–Kier alpha value is -1.60. The van der Waals surface area contributed by atoms with Crippen molar-refractivity contribution >= 4 is 5.96 Å². The Labute approximate surface area is 145 Å². The van der Waals surface area contributed by atoms with Crippen molar-refractivity contribution in [1.82, 2.24) is 20.3 Å². The van der Waals surface area contributed by atoms with E-state index in [-0.39, 0.29) is 11.5 Å². The van der Waals surface area contributed by atoms with Gasteiger partial charge in [0.1, 0.15) is 6.26 Å². The second-order valence-corrected chi connectivity index (χ2v) is 7.27. The summed E-state index contributed by atoms with van der Waals surface area (Å²) in [5.41, 5.74) is 1.08. The van der Waals surface area contributed by atoms with Crippen molar-refractivity contribution in [3.8, 4) is 0 Å². The lowest BCUT2D eigenvalue weighted by Gasteiger charge is -2.37. The Balaban J connectivity index is 1.80. The molecule has 1 aliphatic heterocycles. The molecule has 136 valence electrons. The van der Waals surface area contributed by atoms with Crippen molar-refractivity contribution in [2.24, 2.45) is 10.4 Å². The summed E-state index contributed by atoms with van der Waals surface area (Å²) in [6.45, 7) is 12.0. The standard InChI is InChI=1S/C17H31N5O2/c1-17(2,3)15(23-5)12-19-16(18-4)22-9-7-21(8-10-22)13-14-6-11-24-20-14/h6,11,15H,7-10,12-13H2,1-5H3,(H,18,19). The summed E-state index contributed by atoms with van der Waals surface area (Å²) < 4.78 is 10.5. The van der Waals surface area contributed by atoms with Gasteiger partial charge in [0.05, 0.1) is 11.8 Å². The molecule has 1 N–H and O–H groups in total. The van der Waals surface area contributed by atoms with Crippen LogP contribution in [-0.2, 0) is 11.3 Å². The average Bonchev–Trinajstić information content (AvgIpc) is 3.04. The first-order chi connectivity index (χ1) is 11.4. The Kier molecular flexibility index (Phi) is 6.62. The van der Waals surface area contributed by atoms with E-state index >= 15 is 0 Å². The number of methoxy groups -OCH3 is 1. The van der Waals surface area contributed by atoms with Crippen LogP contribution in [0.3, 0.4) is 0 Å². The maximum Gasteiger partial charge on any atom is 0.193 e. The molecular weight excluding hydrogens is 306 g/mol. The Morgan fingerprint density at radius 1 is 1.38 bits per heavy atom. The third-order valence-electron chi connectivity index (χ3n) is 4.46. The Morgan fingerprint density at radius 3 is 2.58 bits per heavy atom. The summed E-state index contributed by atoms with van der Waals surface area (Å²) >= 11 is 0. The number of hydrogen-bond donors (Lipinski definition) is 1. The fourth-order valence-corrected chi connectivity index (χ4v) is 2.93. The van der Waals surface area contributed by atoms with E-state index in [4.69, 9.17) is 9.26 Å². The maximum atomic E-state index is 5.61. The molecule has 2 rings (SSSR count). The van der Waals surface area contributed by atoms with Crippen LogP contribution in [0.2, 0.25) is 0 Å². The highest BCUT2D eigenvalue weighted by atomic mass is 16.5. The number of hydrogen-bond acceptors (Lipinski definition) is 5.